The van der Waals surface area contributed by atoms with Gasteiger partial charge in [0.05, 0.1) is 0 Å². The Balaban J connectivity index is 2.92. The van der Waals surface area contributed by atoms with E-state index in [1.165, 1.54) is 0 Å². The molecule has 1 unspecified atom stereocenters. The molecule has 1 rings (SSSR count). The third kappa shape index (κ3) is 3.07. The van der Waals surface area contributed by atoms with E-state index in [1.54, 1.807) is 0 Å². The second-order valence-electron chi connectivity index (χ2n) is 4.07. The highest BCUT2D eigenvalue weighted by Gasteiger charge is 2.20. The van der Waals surface area contributed by atoms with Crippen LogP contribution in [0.15, 0.2) is 24.3 Å². The van der Waals surface area contributed by atoms with Crippen molar-refractivity contribution in [1.82, 2.24) is 0 Å². The number of Topliss-reactive ketones (excluding diaryl/α,β-unsaturated/α-hetero) is 1. The molecule has 0 amide bonds. The zero-order valence-corrected chi connectivity index (χ0v) is 10.2. The average molecular weight is 225 g/mol. The fourth-order valence-corrected chi connectivity index (χ4v) is 1.82. The summed E-state index contributed by atoms with van der Waals surface area (Å²) in [6.07, 6.45) is 0.846. The van der Waals surface area contributed by atoms with Crippen molar-refractivity contribution in [2.45, 2.75) is 33.1 Å². The molecule has 0 aliphatic heterocycles. The fraction of sp³-hybridized carbons (Fsp3) is 0.462. The molecule has 15 heavy (non-hydrogen) atoms. The normalized spacial score (nSPS) is 12.9. The van der Waals surface area contributed by atoms with Crippen LogP contribution in [-0.4, -0.2) is 5.78 Å². The molecule has 0 bridgehead atoms. The van der Waals surface area contributed by atoms with Crippen molar-refractivity contribution in [3.05, 3.63) is 34.9 Å². The van der Waals surface area contributed by atoms with Gasteiger partial charge in [0, 0.05) is 16.9 Å². The number of hydrogen-bond donors (Lipinski definition) is 0. The highest BCUT2D eigenvalue weighted by atomic mass is 35.5. The van der Waals surface area contributed by atoms with Crippen molar-refractivity contribution in [2.24, 2.45) is 5.92 Å². The Labute approximate surface area is 96.5 Å². The van der Waals surface area contributed by atoms with Gasteiger partial charge in [-0.25, -0.2) is 0 Å². The van der Waals surface area contributed by atoms with Crippen molar-refractivity contribution in [3.63, 3.8) is 0 Å². The van der Waals surface area contributed by atoms with Gasteiger partial charge in [0.1, 0.15) is 5.78 Å². The van der Waals surface area contributed by atoms with Gasteiger partial charge in [-0.3, -0.25) is 4.79 Å². The minimum absolute atomic E-state index is 0.0160. The van der Waals surface area contributed by atoms with Crippen LogP contribution in [0.25, 0.3) is 0 Å². The van der Waals surface area contributed by atoms with Gasteiger partial charge in [0.15, 0.2) is 0 Å². The predicted molar refractivity (Wildman–Crippen MR) is 64.3 cm³/mol. The summed E-state index contributed by atoms with van der Waals surface area (Å²) < 4.78 is 0. The molecule has 1 aromatic rings. The van der Waals surface area contributed by atoms with Crippen LogP contribution in [0, 0.1) is 5.92 Å². The summed E-state index contributed by atoms with van der Waals surface area (Å²) in [6, 6.07) is 7.56. The summed E-state index contributed by atoms with van der Waals surface area (Å²) in [5.74, 6) is 0.410. The molecule has 1 atom stereocenters. The maximum absolute atomic E-state index is 11.9. The number of benzene rings is 1. The Morgan fingerprint density at radius 2 is 1.80 bits per heavy atom. The molecule has 0 radical (unpaired) electrons. The van der Waals surface area contributed by atoms with Crippen molar-refractivity contribution < 1.29 is 4.79 Å². The molecular formula is C13H17ClO. The molecule has 1 nitrogen and oxygen atoms in total. The first-order chi connectivity index (χ1) is 7.06. The molecule has 0 aromatic heterocycles. The van der Waals surface area contributed by atoms with Crippen LogP contribution in [0.4, 0.5) is 0 Å². The Morgan fingerprint density at radius 1 is 1.27 bits per heavy atom. The third-order valence-corrected chi connectivity index (χ3v) is 2.85. The predicted octanol–water partition coefficient (Wildman–Crippen LogP) is 4.06. The molecule has 2 heteroatoms. The number of carbonyl (C=O) groups is 1. The molecule has 0 N–H and O–H groups in total. The van der Waals surface area contributed by atoms with Gasteiger partial charge in [-0.2, -0.15) is 0 Å². The van der Waals surface area contributed by atoms with E-state index in [0.29, 0.717) is 10.8 Å². The summed E-state index contributed by atoms with van der Waals surface area (Å²) in [6.45, 7) is 5.93. The number of carbonyl (C=O) groups excluding carboxylic acids is 1. The highest BCUT2D eigenvalue weighted by molar-refractivity contribution is 6.30. The number of halogens is 1. The zero-order chi connectivity index (χ0) is 11.4. The van der Waals surface area contributed by atoms with E-state index >= 15 is 0 Å². The van der Waals surface area contributed by atoms with Gasteiger partial charge in [0.25, 0.3) is 0 Å². The number of ketones is 1. The molecule has 82 valence electrons. The number of rotatable bonds is 4. The maximum atomic E-state index is 11.9. The Bertz CT molecular complexity index is 327. The van der Waals surface area contributed by atoms with Crippen LogP contribution in [0.1, 0.15) is 38.7 Å². The second-order valence-corrected chi connectivity index (χ2v) is 4.51. The lowest BCUT2D eigenvalue weighted by atomic mass is 9.87. The zero-order valence-electron chi connectivity index (χ0n) is 9.46. The average Bonchev–Trinajstić information content (AvgIpc) is 2.21. The molecule has 1 aromatic carbocycles. The molecule has 0 saturated carbocycles. The van der Waals surface area contributed by atoms with Gasteiger partial charge in [-0.05, 0) is 24.1 Å². The molecule has 0 heterocycles. The standard InChI is InChI=1S/C13H17ClO/c1-4-12(13(15)9(2)3)10-5-7-11(14)8-6-10/h5-9,12H,4H2,1-3H3. The molecule has 0 aliphatic rings. The van der Waals surface area contributed by atoms with Crippen molar-refractivity contribution >= 4 is 17.4 Å². The largest absolute Gasteiger partial charge is 0.299 e. The van der Waals surface area contributed by atoms with E-state index in [9.17, 15) is 4.79 Å². The SMILES string of the molecule is CCC(C(=O)C(C)C)c1ccc(Cl)cc1. The van der Waals surface area contributed by atoms with Crippen molar-refractivity contribution in [1.29, 1.82) is 0 Å². The minimum Gasteiger partial charge on any atom is -0.299 e. The van der Waals surface area contributed by atoms with Crippen LogP contribution < -0.4 is 0 Å². The van der Waals surface area contributed by atoms with Crippen molar-refractivity contribution in [2.75, 3.05) is 0 Å². The minimum atomic E-state index is 0.0160. The second kappa shape index (κ2) is 5.32. The van der Waals surface area contributed by atoms with Crippen LogP contribution in [0.3, 0.4) is 0 Å². The van der Waals surface area contributed by atoms with E-state index in [1.807, 2.05) is 45.0 Å². The van der Waals surface area contributed by atoms with Gasteiger partial charge in [-0.1, -0.05) is 44.5 Å². The lowest BCUT2D eigenvalue weighted by Crippen LogP contribution is -2.17. The summed E-state index contributed by atoms with van der Waals surface area (Å²) in [7, 11) is 0. The van der Waals surface area contributed by atoms with E-state index < -0.39 is 0 Å². The smallest absolute Gasteiger partial charge is 0.142 e. The highest BCUT2D eigenvalue weighted by Crippen LogP contribution is 2.24. The van der Waals surface area contributed by atoms with Crippen LogP contribution in [-0.2, 0) is 4.79 Å². The number of hydrogen-bond acceptors (Lipinski definition) is 1. The van der Waals surface area contributed by atoms with Gasteiger partial charge < -0.3 is 0 Å². The van der Waals surface area contributed by atoms with Crippen LogP contribution in [0.5, 0.6) is 0 Å². The third-order valence-electron chi connectivity index (χ3n) is 2.59. The lowest BCUT2D eigenvalue weighted by Gasteiger charge is -2.16. The molecule has 0 saturated heterocycles. The Hall–Kier alpha value is -0.820. The first-order valence-electron chi connectivity index (χ1n) is 5.35. The first kappa shape index (κ1) is 12.3. The molecule has 0 spiro atoms. The molecule has 0 aliphatic carbocycles. The summed E-state index contributed by atoms with van der Waals surface area (Å²) >= 11 is 5.82. The molecular weight excluding hydrogens is 208 g/mol. The fourth-order valence-electron chi connectivity index (χ4n) is 1.70. The van der Waals surface area contributed by atoms with E-state index in [4.69, 9.17) is 11.6 Å². The van der Waals surface area contributed by atoms with E-state index in [0.717, 1.165) is 12.0 Å². The van der Waals surface area contributed by atoms with Crippen LogP contribution >= 0.6 is 11.6 Å². The lowest BCUT2D eigenvalue weighted by molar-refractivity contribution is -0.123. The Morgan fingerprint density at radius 3 is 2.20 bits per heavy atom. The monoisotopic (exact) mass is 224 g/mol. The summed E-state index contributed by atoms with van der Waals surface area (Å²) in [5, 5.41) is 0.714. The van der Waals surface area contributed by atoms with E-state index in [-0.39, 0.29) is 11.8 Å². The van der Waals surface area contributed by atoms with Gasteiger partial charge in [-0.15, -0.1) is 0 Å². The van der Waals surface area contributed by atoms with E-state index in [2.05, 4.69) is 0 Å². The van der Waals surface area contributed by atoms with Crippen LogP contribution in [0.2, 0.25) is 5.02 Å². The summed E-state index contributed by atoms with van der Waals surface area (Å²) in [4.78, 5) is 11.9. The quantitative estimate of drug-likeness (QED) is 0.754. The first-order valence-corrected chi connectivity index (χ1v) is 5.73. The van der Waals surface area contributed by atoms with Crippen molar-refractivity contribution in [3.8, 4) is 0 Å². The van der Waals surface area contributed by atoms with Gasteiger partial charge in [0.2, 0.25) is 0 Å². The topological polar surface area (TPSA) is 17.1 Å². The maximum Gasteiger partial charge on any atom is 0.142 e. The molecule has 0 fully saturated rings. The van der Waals surface area contributed by atoms with Gasteiger partial charge >= 0.3 is 0 Å². The Kier molecular flexibility index (Phi) is 4.34. The summed E-state index contributed by atoms with van der Waals surface area (Å²) in [5.41, 5.74) is 1.07.